The van der Waals surface area contributed by atoms with E-state index in [1.54, 1.807) is 4.57 Å². The number of hydrogen-bond acceptors (Lipinski definition) is 5. The molecule has 0 aliphatic heterocycles. The van der Waals surface area contributed by atoms with Gasteiger partial charge in [0.05, 0.1) is 0 Å². The van der Waals surface area contributed by atoms with Crippen molar-refractivity contribution in [3.05, 3.63) is 10.5 Å². The Kier molecular flexibility index (Phi) is 3.84. The molecule has 1 unspecified atom stereocenters. The van der Waals surface area contributed by atoms with Crippen LogP contribution in [0, 0.1) is 0 Å². The Balaban J connectivity index is 1.53. The summed E-state index contributed by atoms with van der Waals surface area (Å²) >= 11 is 1.45. The van der Waals surface area contributed by atoms with E-state index in [9.17, 15) is 9.59 Å². The molecule has 0 amide bonds. The minimum Gasteiger partial charge on any atom is -0.480 e. The molecule has 0 spiro atoms. The van der Waals surface area contributed by atoms with Crippen molar-refractivity contribution in [2.45, 2.75) is 55.4 Å². The van der Waals surface area contributed by atoms with Crippen LogP contribution in [-0.4, -0.2) is 43.7 Å². The van der Waals surface area contributed by atoms with Crippen molar-refractivity contribution in [3.63, 3.8) is 0 Å². The number of nitrogens with zero attached hydrogens (tertiary/aromatic N) is 2. The molecule has 1 aromatic heterocycles. The third kappa shape index (κ3) is 3.24. The second-order valence-electron chi connectivity index (χ2n) is 5.38. The molecule has 0 radical (unpaired) electrons. The fraction of sp³-hybridized carbons (Fsp3) is 0.750. The summed E-state index contributed by atoms with van der Waals surface area (Å²) in [4.78, 5) is 22.8. The number of aromatic nitrogens is 3. The van der Waals surface area contributed by atoms with Crippen LogP contribution >= 0.6 is 11.8 Å². The Bertz CT molecular complexity index is 547. The molecule has 1 aromatic rings. The molecule has 2 saturated carbocycles. The standard InChI is InChI=1S/C12H18N4O3S/c17-10(18)9(13-7-1-2-7)5-6-20-12-15-14-11(19)16(12)8-3-4-8/h7-9,13H,1-6H2,(H,14,19)(H,17,18). The number of aliphatic carboxylic acids is 1. The molecule has 0 saturated heterocycles. The van der Waals surface area contributed by atoms with Crippen molar-refractivity contribution in [1.82, 2.24) is 20.1 Å². The van der Waals surface area contributed by atoms with Gasteiger partial charge in [-0.3, -0.25) is 9.36 Å². The number of thioether (sulfide) groups is 1. The number of carbonyl (C=O) groups is 1. The van der Waals surface area contributed by atoms with Crippen LogP contribution in [0.3, 0.4) is 0 Å². The molecule has 2 aliphatic rings. The lowest BCUT2D eigenvalue weighted by Gasteiger charge is -2.13. The van der Waals surface area contributed by atoms with E-state index in [-0.39, 0.29) is 11.7 Å². The summed E-state index contributed by atoms with van der Waals surface area (Å²) in [5.74, 6) is -0.174. The van der Waals surface area contributed by atoms with Gasteiger partial charge in [-0.25, -0.2) is 9.89 Å². The van der Waals surface area contributed by atoms with Gasteiger partial charge in [0, 0.05) is 17.8 Å². The predicted molar refractivity (Wildman–Crippen MR) is 74.0 cm³/mol. The van der Waals surface area contributed by atoms with Crippen molar-refractivity contribution >= 4 is 17.7 Å². The van der Waals surface area contributed by atoms with Crippen molar-refractivity contribution < 1.29 is 9.90 Å². The van der Waals surface area contributed by atoms with Crippen LogP contribution < -0.4 is 11.0 Å². The molecule has 1 heterocycles. The normalized spacial score (nSPS) is 20.0. The van der Waals surface area contributed by atoms with Crippen LogP contribution in [-0.2, 0) is 4.79 Å². The van der Waals surface area contributed by atoms with E-state index in [2.05, 4.69) is 15.5 Å². The minimum atomic E-state index is -0.806. The molecule has 2 fully saturated rings. The van der Waals surface area contributed by atoms with Crippen molar-refractivity contribution in [1.29, 1.82) is 0 Å². The van der Waals surface area contributed by atoms with Gasteiger partial charge in [0.25, 0.3) is 0 Å². The molecule has 110 valence electrons. The van der Waals surface area contributed by atoms with Gasteiger partial charge < -0.3 is 10.4 Å². The maximum Gasteiger partial charge on any atom is 0.344 e. The Hall–Kier alpha value is -1.28. The van der Waals surface area contributed by atoms with E-state index in [1.165, 1.54) is 11.8 Å². The lowest BCUT2D eigenvalue weighted by molar-refractivity contribution is -0.139. The molecule has 7 nitrogen and oxygen atoms in total. The van der Waals surface area contributed by atoms with Crippen LogP contribution in [0.4, 0.5) is 0 Å². The third-order valence-corrected chi connectivity index (χ3v) is 4.52. The van der Waals surface area contributed by atoms with Gasteiger partial charge in [-0.2, -0.15) is 0 Å². The first-order valence-electron chi connectivity index (χ1n) is 6.93. The Morgan fingerprint density at radius 2 is 2.25 bits per heavy atom. The zero-order valence-corrected chi connectivity index (χ0v) is 11.9. The van der Waals surface area contributed by atoms with Gasteiger partial charge >= 0.3 is 11.7 Å². The summed E-state index contributed by atoms with van der Waals surface area (Å²) in [5, 5.41) is 19.4. The monoisotopic (exact) mass is 298 g/mol. The van der Waals surface area contributed by atoms with Crippen LogP contribution in [0.25, 0.3) is 0 Å². The molecule has 3 rings (SSSR count). The van der Waals surface area contributed by atoms with Gasteiger partial charge in [0.2, 0.25) is 0 Å². The van der Waals surface area contributed by atoms with Crippen molar-refractivity contribution in [3.8, 4) is 0 Å². The van der Waals surface area contributed by atoms with E-state index in [1.807, 2.05) is 0 Å². The molecule has 3 N–H and O–H groups in total. The quantitative estimate of drug-likeness (QED) is 0.608. The van der Waals surface area contributed by atoms with Gasteiger partial charge in [-0.05, 0) is 32.1 Å². The number of carboxylic acids is 1. The van der Waals surface area contributed by atoms with Crippen LogP contribution in [0.15, 0.2) is 9.95 Å². The van der Waals surface area contributed by atoms with E-state index < -0.39 is 12.0 Å². The molecule has 0 bridgehead atoms. The molecule has 20 heavy (non-hydrogen) atoms. The maximum atomic E-state index is 11.6. The van der Waals surface area contributed by atoms with Gasteiger partial charge in [-0.1, -0.05) is 11.8 Å². The highest BCUT2D eigenvalue weighted by Crippen LogP contribution is 2.36. The van der Waals surface area contributed by atoms with Gasteiger partial charge in [0.15, 0.2) is 5.16 Å². The number of nitrogens with one attached hydrogen (secondary N) is 2. The predicted octanol–water partition coefficient (Wildman–Crippen LogP) is 0.594. The second-order valence-corrected chi connectivity index (χ2v) is 6.44. The number of aromatic amines is 1. The molecule has 0 aromatic carbocycles. The first-order valence-corrected chi connectivity index (χ1v) is 7.92. The largest absolute Gasteiger partial charge is 0.480 e. The average molecular weight is 298 g/mol. The van der Waals surface area contributed by atoms with Crippen LogP contribution in [0.5, 0.6) is 0 Å². The first-order chi connectivity index (χ1) is 9.65. The average Bonchev–Trinajstić information content (AvgIpc) is 3.30. The molecular formula is C12H18N4O3S. The summed E-state index contributed by atoms with van der Waals surface area (Å²) in [5.41, 5.74) is -0.166. The summed E-state index contributed by atoms with van der Waals surface area (Å²) in [6, 6.07) is 0.148. The Labute approximate surface area is 120 Å². The van der Waals surface area contributed by atoms with Crippen molar-refractivity contribution in [2.24, 2.45) is 0 Å². The van der Waals surface area contributed by atoms with E-state index in [4.69, 9.17) is 5.11 Å². The van der Waals surface area contributed by atoms with E-state index >= 15 is 0 Å². The topological polar surface area (TPSA) is 100 Å². The smallest absolute Gasteiger partial charge is 0.344 e. The lowest BCUT2D eigenvalue weighted by Crippen LogP contribution is -2.38. The summed E-state index contributed by atoms with van der Waals surface area (Å²) in [6.45, 7) is 0. The highest BCUT2D eigenvalue weighted by Gasteiger charge is 2.30. The SMILES string of the molecule is O=C(O)C(CCSc1n[nH]c(=O)n1C1CC1)NC1CC1. The second kappa shape index (κ2) is 5.61. The zero-order chi connectivity index (χ0) is 14.1. The van der Waals surface area contributed by atoms with Gasteiger partial charge in [-0.15, -0.1) is 5.10 Å². The first kappa shape index (κ1) is 13.7. The molecular weight excluding hydrogens is 280 g/mol. The van der Waals surface area contributed by atoms with Crippen LogP contribution in [0.1, 0.15) is 38.1 Å². The fourth-order valence-electron chi connectivity index (χ4n) is 2.13. The van der Waals surface area contributed by atoms with Crippen LogP contribution in [0.2, 0.25) is 0 Å². The maximum absolute atomic E-state index is 11.6. The number of H-pyrrole nitrogens is 1. The molecule has 2 aliphatic carbocycles. The number of hydrogen-bond donors (Lipinski definition) is 3. The van der Waals surface area contributed by atoms with E-state index in [0.717, 1.165) is 25.7 Å². The Morgan fingerprint density at radius 1 is 1.50 bits per heavy atom. The highest BCUT2D eigenvalue weighted by atomic mass is 32.2. The summed E-state index contributed by atoms with van der Waals surface area (Å²) in [7, 11) is 0. The van der Waals surface area contributed by atoms with Gasteiger partial charge in [0.1, 0.15) is 6.04 Å². The summed E-state index contributed by atoms with van der Waals surface area (Å²) < 4.78 is 1.69. The number of carboxylic acid groups (broad SMARTS) is 1. The lowest BCUT2D eigenvalue weighted by atomic mass is 10.2. The molecule has 8 heteroatoms. The zero-order valence-electron chi connectivity index (χ0n) is 11.0. The minimum absolute atomic E-state index is 0.166. The van der Waals surface area contributed by atoms with E-state index in [0.29, 0.717) is 23.4 Å². The fourth-order valence-corrected chi connectivity index (χ4v) is 3.14. The number of rotatable bonds is 8. The highest BCUT2D eigenvalue weighted by molar-refractivity contribution is 7.99. The summed E-state index contributed by atoms with van der Waals surface area (Å²) in [6.07, 6.45) is 4.71. The van der Waals surface area contributed by atoms with Crippen molar-refractivity contribution in [2.75, 3.05) is 5.75 Å². The third-order valence-electron chi connectivity index (χ3n) is 3.53. The Morgan fingerprint density at radius 3 is 2.85 bits per heavy atom. The molecule has 1 atom stereocenters.